The van der Waals surface area contributed by atoms with Crippen LogP contribution in [0.25, 0.3) is 11.0 Å². The van der Waals surface area contributed by atoms with Crippen LogP contribution in [0.5, 0.6) is 0 Å². The van der Waals surface area contributed by atoms with Crippen molar-refractivity contribution in [2.75, 3.05) is 49.1 Å². The first-order valence-electron chi connectivity index (χ1n) is 11.4. The summed E-state index contributed by atoms with van der Waals surface area (Å²) in [6.45, 7) is 12.2. The molecule has 30 heavy (non-hydrogen) atoms. The van der Waals surface area contributed by atoms with Gasteiger partial charge in [-0.05, 0) is 69.6 Å². The Kier molecular flexibility index (Phi) is 5.38. The molecule has 0 spiro atoms. The van der Waals surface area contributed by atoms with Crippen molar-refractivity contribution in [3.05, 3.63) is 54.2 Å². The van der Waals surface area contributed by atoms with E-state index in [2.05, 4.69) is 81.8 Å². The van der Waals surface area contributed by atoms with Gasteiger partial charge in [0.2, 0.25) is 0 Å². The molecule has 0 aliphatic carbocycles. The number of para-hydroxylation sites is 1. The van der Waals surface area contributed by atoms with E-state index < -0.39 is 0 Å². The van der Waals surface area contributed by atoms with Crippen LogP contribution in [-0.4, -0.2) is 59.8 Å². The van der Waals surface area contributed by atoms with Crippen LogP contribution in [0.1, 0.15) is 25.3 Å². The monoisotopic (exact) mass is 403 g/mol. The highest BCUT2D eigenvalue weighted by Crippen LogP contribution is 2.27. The molecule has 2 saturated heterocycles. The van der Waals surface area contributed by atoms with E-state index in [1.54, 1.807) is 0 Å². The number of nitrogens with zero attached hydrogens (tertiary/aromatic N) is 5. The molecule has 4 heterocycles. The zero-order chi connectivity index (χ0) is 20.5. The molecule has 158 valence electrons. The molecule has 0 N–H and O–H groups in total. The van der Waals surface area contributed by atoms with Gasteiger partial charge in [-0.1, -0.05) is 18.2 Å². The number of benzene rings is 1. The van der Waals surface area contributed by atoms with E-state index >= 15 is 0 Å². The summed E-state index contributed by atoms with van der Waals surface area (Å²) >= 11 is 0. The van der Waals surface area contributed by atoms with Gasteiger partial charge < -0.3 is 19.3 Å². The number of aryl methyl sites for hydroxylation is 1. The molecule has 0 unspecified atom stereocenters. The number of fused-ring (bicyclic) bond motifs is 1. The van der Waals surface area contributed by atoms with Crippen molar-refractivity contribution in [1.82, 2.24) is 14.5 Å². The van der Waals surface area contributed by atoms with Gasteiger partial charge in [-0.3, -0.25) is 0 Å². The van der Waals surface area contributed by atoms with Gasteiger partial charge in [0.1, 0.15) is 11.5 Å². The number of aromatic nitrogens is 2. The number of hydrogen-bond acceptors (Lipinski definition) is 4. The third-order valence-electron chi connectivity index (χ3n) is 6.83. The fourth-order valence-corrected chi connectivity index (χ4v) is 5.08. The van der Waals surface area contributed by atoms with E-state index in [4.69, 9.17) is 4.98 Å². The minimum Gasteiger partial charge on any atom is -0.367 e. The highest BCUT2D eigenvalue weighted by atomic mass is 15.3. The average Bonchev–Trinajstić information content (AvgIpc) is 3.42. The number of likely N-dealkylation sites (tertiary alicyclic amines) is 1. The molecule has 0 saturated carbocycles. The van der Waals surface area contributed by atoms with Crippen molar-refractivity contribution in [3.63, 3.8) is 0 Å². The third kappa shape index (κ3) is 3.79. The Morgan fingerprint density at radius 3 is 2.57 bits per heavy atom. The van der Waals surface area contributed by atoms with Crippen LogP contribution in [-0.2, 0) is 6.54 Å². The molecule has 3 aromatic rings. The second kappa shape index (κ2) is 8.31. The maximum Gasteiger partial charge on any atom is 0.142 e. The van der Waals surface area contributed by atoms with Crippen LogP contribution in [0, 0.1) is 6.92 Å². The maximum atomic E-state index is 5.12. The van der Waals surface area contributed by atoms with Crippen molar-refractivity contribution in [3.8, 4) is 0 Å². The lowest BCUT2D eigenvalue weighted by atomic mass is 10.1. The van der Waals surface area contributed by atoms with Crippen LogP contribution in [0.2, 0.25) is 0 Å². The normalized spacial score (nSPS) is 20.4. The minimum absolute atomic E-state index is 0.427. The number of anilines is 2. The first-order chi connectivity index (χ1) is 14.7. The number of piperazine rings is 1. The highest BCUT2D eigenvalue weighted by Gasteiger charge is 2.26. The smallest absolute Gasteiger partial charge is 0.142 e. The summed E-state index contributed by atoms with van der Waals surface area (Å²) in [4.78, 5) is 12.7. The summed E-state index contributed by atoms with van der Waals surface area (Å²) in [6, 6.07) is 15.8. The molecule has 2 aliphatic rings. The largest absolute Gasteiger partial charge is 0.367 e. The Morgan fingerprint density at radius 1 is 0.933 bits per heavy atom. The molecule has 2 aliphatic heterocycles. The first kappa shape index (κ1) is 19.4. The van der Waals surface area contributed by atoms with E-state index in [-0.39, 0.29) is 0 Å². The Hall–Kier alpha value is -2.53. The minimum atomic E-state index is 0.427. The summed E-state index contributed by atoms with van der Waals surface area (Å²) < 4.78 is 2.34. The molecule has 2 aromatic heterocycles. The fourth-order valence-electron chi connectivity index (χ4n) is 5.08. The molecule has 1 atom stereocenters. The summed E-state index contributed by atoms with van der Waals surface area (Å²) in [6.07, 6.45) is 4.90. The molecule has 0 bridgehead atoms. The van der Waals surface area contributed by atoms with E-state index in [1.807, 2.05) is 0 Å². The Balaban J connectivity index is 1.32. The number of hydrogen-bond donors (Lipinski definition) is 0. The molecule has 0 radical (unpaired) electrons. The van der Waals surface area contributed by atoms with Crippen LogP contribution in [0.15, 0.2) is 48.7 Å². The predicted molar refractivity (Wildman–Crippen MR) is 126 cm³/mol. The predicted octanol–water partition coefficient (Wildman–Crippen LogP) is 4.16. The Morgan fingerprint density at radius 2 is 1.77 bits per heavy atom. The molecule has 5 nitrogen and oxygen atoms in total. The van der Waals surface area contributed by atoms with Crippen molar-refractivity contribution in [2.24, 2.45) is 0 Å². The zero-order valence-electron chi connectivity index (χ0n) is 18.3. The van der Waals surface area contributed by atoms with Gasteiger partial charge in [0.25, 0.3) is 0 Å². The van der Waals surface area contributed by atoms with E-state index in [0.29, 0.717) is 6.04 Å². The molecular weight excluding hydrogens is 370 g/mol. The van der Waals surface area contributed by atoms with Gasteiger partial charge in [0, 0.05) is 56.0 Å². The molecule has 5 rings (SSSR count). The lowest BCUT2D eigenvalue weighted by molar-refractivity contribution is 0.324. The summed E-state index contributed by atoms with van der Waals surface area (Å²) in [5, 5.41) is 1.24. The quantitative estimate of drug-likeness (QED) is 0.639. The standard InChI is InChI=1S/C25H33N5/c1-20-7-3-4-8-23(20)29-17-18-30(21(2)19-29)24-10-9-22-11-14-28(25(22)26-24)16-15-27-12-5-6-13-27/h3-4,7-11,14,21H,5-6,12-13,15-19H2,1-2H3/t21-/m0/s1. The third-order valence-corrected chi connectivity index (χ3v) is 6.83. The SMILES string of the molecule is Cc1ccccc1N1CCN(c2ccc3ccn(CCN4CCCC4)c3n2)[C@@H](C)C1. The highest BCUT2D eigenvalue weighted by molar-refractivity contribution is 5.78. The maximum absolute atomic E-state index is 5.12. The first-order valence-corrected chi connectivity index (χ1v) is 11.4. The second-order valence-corrected chi connectivity index (χ2v) is 8.92. The summed E-state index contributed by atoms with van der Waals surface area (Å²) in [5.41, 5.74) is 3.84. The van der Waals surface area contributed by atoms with Gasteiger partial charge in [-0.2, -0.15) is 0 Å². The molecule has 1 aromatic carbocycles. The van der Waals surface area contributed by atoms with Crippen molar-refractivity contribution in [2.45, 2.75) is 39.3 Å². The molecule has 5 heteroatoms. The van der Waals surface area contributed by atoms with Crippen LogP contribution < -0.4 is 9.80 Å². The van der Waals surface area contributed by atoms with E-state index in [1.165, 1.54) is 42.6 Å². The molecule has 2 fully saturated rings. The lowest BCUT2D eigenvalue weighted by Gasteiger charge is -2.42. The number of rotatable bonds is 5. The fraction of sp³-hybridized carbons (Fsp3) is 0.480. The zero-order valence-corrected chi connectivity index (χ0v) is 18.3. The van der Waals surface area contributed by atoms with Crippen LogP contribution in [0.4, 0.5) is 11.5 Å². The molecular formula is C25H33N5. The lowest BCUT2D eigenvalue weighted by Crippen LogP contribution is -2.52. The second-order valence-electron chi connectivity index (χ2n) is 8.92. The van der Waals surface area contributed by atoms with E-state index in [9.17, 15) is 0 Å². The van der Waals surface area contributed by atoms with Crippen molar-refractivity contribution >= 4 is 22.5 Å². The van der Waals surface area contributed by atoms with Crippen LogP contribution in [0.3, 0.4) is 0 Å². The number of pyridine rings is 1. The van der Waals surface area contributed by atoms with Gasteiger partial charge >= 0.3 is 0 Å². The van der Waals surface area contributed by atoms with Gasteiger partial charge in [-0.25, -0.2) is 4.98 Å². The average molecular weight is 404 g/mol. The van der Waals surface area contributed by atoms with Gasteiger partial charge in [0.15, 0.2) is 0 Å². The Bertz CT molecular complexity index is 1000. The van der Waals surface area contributed by atoms with Crippen LogP contribution >= 0.6 is 0 Å². The molecule has 0 amide bonds. The summed E-state index contributed by atoms with van der Waals surface area (Å²) in [5.74, 6) is 1.11. The topological polar surface area (TPSA) is 27.5 Å². The van der Waals surface area contributed by atoms with Gasteiger partial charge in [-0.15, -0.1) is 0 Å². The van der Waals surface area contributed by atoms with Crippen molar-refractivity contribution < 1.29 is 0 Å². The summed E-state index contributed by atoms with van der Waals surface area (Å²) in [7, 11) is 0. The van der Waals surface area contributed by atoms with Gasteiger partial charge in [0.05, 0.1) is 0 Å². The van der Waals surface area contributed by atoms with Crippen molar-refractivity contribution in [1.29, 1.82) is 0 Å². The Labute approximate surface area is 179 Å². The van der Waals surface area contributed by atoms with E-state index in [0.717, 1.165) is 44.2 Å².